The van der Waals surface area contributed by atoms with Crippen molar-refractivity contribution in [1.29, 1.82) is 0 Å². The van der Waals surface area contributed by atoms with Gasteiger partial charge in [-0.1, -0.05) is 6.92 Å². The third kappa shape index (κ3) is 3.34. The molecule has 20 heavy (non-hydrogen) atoms. The lowest BCUT2D eigenvalue weighted by Gasteiger charge is -2.30. The molecular weight excluding hydrogens is 250 g/mol. The number of rotatable bonds is 4. The van der Waals surface area contributed by atoms with Gasteiger partial charge in [0.2, 0.25) is 5.91 Å². The van der Waals surface area contributed by atoms with Crippen LogP contribution in [0.4, 0.5) is 0 Å². The van der Waals surface area contributed by atoms with E-state index < -0.39 is 0 Å². The molecule has 3 fully saturated rings. The Morgan fingerprint density at radius 1 is 1.15 bits per heavy atom. The third-order valence-corrected chi connectivity index (χ3v) is 5.49. The van der Waals surface area contributed by atoms with Crippen LogP contribution in [0.15, 0.2) is 0 Å². The van der Waals surface area contributed by atoms with Crippen molar-refractivity contribution < 1.29 is 4.79 Å². The summed E-state index contributed by atoms with van der Waals surface area (Å²) in [6.07, 6.45) is 5.76. The maximum Gasteiger partial charge on any atom is 0.223 e. The van der Waals surface area contributed by atoms with Crippen molar-refractivity contribution in [2.24, 2.45) is 23.5 Å². The Kier molecular flexibility index (Phi) is 4.32. The van der Waals surface area contributed by atoms with Gasteiger partial charge in [-0.25, -0.2) is 0 Å². The minimum Gasteiger partial charge on any atom is -0.343 e. The smallest absolute Gasteiger partial charge is 0.223 e. The molecule has 2 heterocycles. The Balaban J connectivity index is 1.40. The van der Waals surface area contributed by atoms with Crippen LogP contribution in [0, 0.1) is 17.8 Å². The molecule has 2 atom stereocenters. The van der Waals surface area contributed by atoms with Gasteiger partial charge in [0.1, 0.15) is 0 Å². The van der Waals surface area contributed by atoms with Crippen LogP contribution in [-0.2, 0) is 4.79 Å². The number of likely N-dealkylation sites (tertiary alicyclic amines) is 2. The number of nitrogens with zero attached hydrogens (tertiary/aromatic N) is 2. The first-order chi connectivity index (χ1) is 9.63. The zero-order chi connectivity index (χ0) is 14.1. The van der Waals surface area contributed by atoms with E-state index in [0.29, 0.717) is 24.3 Å². The maximum atomic E-state index is 12.2. The van der Waals surface area contributed by atoms with Gasteiger partial charge in [0.05, 0.1) is 0 Å². The Morgan fingerprint density at radius 3 is 2.50 bits per heavy atom. The molecule has 1 aliphatic carbocycles. The fourth-order valence-corrected chi connectivity index (χ4v) is 3.82. The van der Waals surface area contributed by atoms with Gasteiger partial charge in [0.25, 0.3) is 0 Å². The molecule has 0 aromatic rings. The lowest BCUT2D eigenvalue weighted by molar-refractivity contribution is -0.132. The van der Waals surface area contributed by atoms with Crippen molar-refractivity contribution in [1.82, 2.24) is 9.80 Å². The molecule has 1 amide bonds. The van der Waals surface area contributed by atoms with Crippen LogP contribution in [0.3, 0.4) is 0 Å². The minimum absolute atomic E-state index is 0.341. The van der Waals surface area contributed by atoms with E-state index in [0.717, 1.165) is 44.6 Å². The Labute approximate surface area is 122 Å². The highest BCUT2D eigenvalue weighted by molar-refractivity contribution is 5.76. The molecule has 114 valence electrons. The monoisotopic (exact) mass is 279 g/mol. The van der Waals surface area contributed by atoms with Gasteiger partial charge in [-0.05, 0) is 43.4 Å². The number of amides is 1. The summed E-state index contributed by atoms with van der Waals surface area (Å²) in [5.74, 6) is 2.71. The van der Waals surface area contributed by atoms with Crippen LogP contribution in [0.5, 0.6) is 0 Å². The number of piperidine rings is 1. The van der Waals surface area contributed by atoms with E-state index in [-0.39, 0.29) is 0 Å². The predicted octanol–water partition coefficient (Wildman–Crippen LogP) is 1.30. The number of hydrogen-bond donors (Lipinski definition) is 1. The second kappa shape index (κ2) is 6.02. The SMILES string of the molecule is CC1CCN(C(=O)CCN2C[C@H](C3CC3)[C@@H](N)C2)CC1. The summed E-state index contributed by atoms with van der Waals surface area (Å²) in [7, 11) is 0. The molecule has 4 heteroatoms. The van der Waals surface area contributed by atoms with Crippen molar-refractivity contribution >= 4 is 5.91 Å². The molecule has 0 bridgehead atoms. The zero-order valence-corrected chi connectivity index (χ0v) is 12.8. The number of carbonyl (C=O) groups excluding carboxylic acids is 1. The maximum absolute atomic E-state index is 12.2. The molecular formula is C16H29N3O. The van der Waals surface area contributed by atoms with E-state index in [4.69, 9.17) is 5.73 Å². The molecule has 2 aliphatic heterocycles. The predicted molar refractivity (Wildman–Crippen MR) is 80.2 cm³/mol. The zero-order valence-electron chi connectivity index (χ0n) is 12.8. The second-order valence-electron chi connectivity index (χ2n) is 7.24. The van der Waals surface area contributed by atoms with Crippen LogP contribution < -0.4 is 5.73 Å². The first kappa shape index (κ1) is 14.3. The summed E-state index contributed by atoms with van der Waals surface area (Å²) in [6.45, 7) is 7.23. The molecule has 1 saturated carbocycles. The van der Waals surface area contributed by atoms with Crippen LogP contribution in [0.2, 0.25) is 0 Å². The van der Waals surface area contributed by atoms with Crippen molar-refractivity contribution in [2.75, 3.05) is 32.7 Å². The van der Waals surface area contributed by atoms with Crippen molar-refractivity contribution in [3.8, 4) is 0 Å². The topological polar surface area (TPSA) is 49.6 Å². The summed E-state index contributed by atoms with van der Waals surface area (Å²) in [6, 6.07) is 0.341. The average Bonchev–Trinajstić information content (AvgIpc) is 3.21. The van der Waals surface area contributed by atoms with E-state index >= 15 is 0 Å². The largest absolute Gasteiger partial charge is 0.343 e. The normalized spacial score (nSPS) is 32.8. The minimum atomic E-state index is 0.341. The molecule has 3 rings (SSSR count). The van der Waals surface area contributed by atoms with Gasteiger partial charge in [0, 0.05) is 45.2 Å². The number of carbonyl (C=O) groups is 1. The molecule has 4 nitrogen and oxygen atoms in total. The molecule has 0 spiro atoms. The Morgan fingerprint density at radius 2 is 1.85 bits per heavy atom. The van der Waals surface area contributed by atoms with Crippen LogP contribution in [-0.4, -0.2) is 54.5 Å². The van der Waals surface area contributed by atoms with E-state index in [2.05, 4.69) is 16.7 Å². The Hall–Kier alpha value is -0.610. The standard InChI is InChI=1S/C16H29N3O/c1-12-4-8-19(9-5-12)16(20)6-7-18-10-14(13-2-3-13)15(17)11-18/h12-15H,2-11,17H2,1H3/t14-,15+/m1/s1. The van der Waals surface area contributed by atoms with Crippen molar-refractivity contribution in [3.63, 3.8) is 0 Å². The first-order valence-corrected chi connectivity index (χ1v) is 8.39. The van der Waals surface area contributed by atoms with Gasteiger partial charge >= 0.3 is 0 Å². The Bertz CT molecular complexity index is 348. The fourth-order valence-electron chi connectivity index (χ4n) is 3.82. The molecule has 2 saturated heterocycles. The number of hydrogen-bond acceptors (Lipinski definition) is 3. The molecule has 2 N–H and O–H groups in total. The summed E-state index contributed by atoms with van der Waals surface area (Å²) < 4.78 is 0. The second-order valence-corrected chi connectivity index (χ2v) is 7.24. The van der Waals surface area contributed by atoms with Crippen molar-refractivity contribution in [2.45, 2.75) is 45.1 Å². The van der Waals surface area contributed by atoms with Gasteiger partial charge in [-0.15, -0.1) is 0 Å². The summed E-state index contributed by atoms with van der Waals surface area (Å²) in [5, 5.41) is 0. The lowest BCUT2D eigenvalue weighted by Crippen LogP contribution is -2.39. The highest BCUT2D eigenvalue weighted by atomic mass is 16.2. The van der Waals surface area contributed by atoms with Crippen molar-refractivity contribution in [3.05, 3.63) is 0 Å². The van der Waals surface area contributed by atoms with E-state index in [9.17, 15) is 4.79 Å². The van der Waals surface area contributed by atoms with Crippen LogP contribution in [0.1, 0.15) is 39.0 Å². The molecule has 3 aliphatic rings. The molecule has 0 aromatic heterocycles. The van der Waals surface area contributed by atoms with E-state index in [1.165, 1.54) is 25.7 Å². The molecule has 0 unspecified atom stereocenters. The summed E-state index contributed by atoms with van der Waals surface area (Å²) >= 11 is 0. The average molecular weight is 279 g/mol. The van der Waals surface area contributed by atoms with E-state index in [1.54, 1.807) is 0 Å². The third-order valence-electron chi connectivity index (χ3n) is 5.49. The first-order valence-electron chi connectivity index (χ1n) is 8.39. The fraction of sp³-hybridized carbons (Fsp3) is 0.938. The highest BCUT2D eigenvalue weighted by Gasteiger charge is 2.40. The van der Waals surface area contributed by atoms with Gasteiger partial charge in [-0.2, -0.15) is 0 Å². The summed E-state index contributed by atoms with van der Waals surface area (Å²) in [4.78, 5) is 16.7. The summed E-state index contributed by atoms with van der Waals surface area (Å²) in [5.41, 5.74) is 6.24. The number of nitrogens with two attached hydrogens (primary N) is 1. The van der Waals surface area contributed by atoms with Gasteiger partial charge < -0.3 is 15.5 Å². The quantitative estimate of drug-likeness (QED) is 0.844. The highest BCUT2D eigenvalue weighted by Crippen LogP contribution is 2.40. The molecule has 0 radical (unpaired) electrons. The molecule has 0 aromatic carbocycles. The van der Waals surface area contributed by atoms with Crippen LogP contribution >= 0.6 is 0 Å². The van der Waals surface area contributed by atoms with Gasteiger partial charge in [0.15, 0.2) is 0 Å². The van der Waals surface area contributed by atoms with E-state index in [1.807, 2.05) is 0 Å². The van der Waals surface area contributed by atoms with Gasteiger partial charge in [-0.3, -0.25) is 4.79 Å². The lowest BCUT2D eigenvalue weighted by atomic mass is 9.99. The van der Waals surface area contributed by atoms with Crippen LogP contribution in [0.25, 0.3) is 0 Å².